The van der Waals surface area contributed by atoms with Gasteiger partial charge in [0.25, 0.3) is 5.91 Å². The van der Waals surface area contributed by atoms with Crippen molar-refractivity contribution in [3.63, 3.8) is 0 Å². The number of aryl methyl sites for hydroxylation is 1. The third-order valence-corrected chi connectivity index (χ3v) is 6.05. The van der Waals surface area contributed by atoms with E-state index in [1.165, 1.54) is 0 Å². The van der Waals surface area contributed by atoms with Crippen LogP contribution in [0.1, 0.15) is 35.7 Å². The minimum Gasteiger partial charge on any atom is -0.352 e. The Hall–Kier alpha value is -3.44. The smallest absolute Gasteiger partial charge is 0.352 e. The van der Waals surface area contributed by atoms with Gasteiger partial charge in [-0.3, -0.25) is 9.59 Å². The van der Waals surface area contributed by atoms with Crippen LogP contribution in [0.3, 0.4) is 0 Å². The highest BCUT2D eigenvalue weighted by atomic mass is 19.4. The number of nitrogens with one attached hydrogen (secondary N) is 2. The molecule has 182 valence electrons. The van der Waals surface area contributed by atoms with Gasteiger partial charge in [0.05, 0.1) is 18.3 Å². The largest absolute Gasteiger partial charge is 0.471 e. The number of fused-ring (bicyclic) bond motifs is 2. The monoisotopic (exact) mass is 480 g/mol. The lowest BCUT2D eigenvalue weighted by molar-refractivity contribution is -0.188. The van der Waals surface area contributed by atoms with Crippen molar-refractivity contribution in [2.75, 3.05) is 29.9 Å². The van der Waals surface area contributed by atoms with Crippen molar-refractivity contribution in [2.24, 2.45) is 0 Å². The third-order valence-electron chi connectivity index (χ3n) is 6.05. The molecule has 1 unspecified atom stereocenters. The summed E-state index contributed by atoms with van der Waals surface area (Å²) in [5.41, 5.74) is 1.83. The number of hydrogen-bond donors (Lipinski definition) is 2. The number of benzene rings is 1. The van der Waals surface area contributed by atoms with Crippen LogP contribution in [0.2, 0.25) is 0 Å². The maximum Gasteiger partial charge on any atom is 0.471 e. The first-order valence-electron chi connectivity index (χ1n) is 10.9. The zero-order chi connectivity index (χ0) is 24.6. The molecule has 2 aromatic rings. The van der Waals surface area contributed by atoms with Gasteiger partial charge in [-0.05, 0) is 50.5 Å². The van der Waals surface area contributed by atoms with Crippen LogP contribution in [0, 0.1) is 12.7 Å². The van der Waals surface area contributed by atoms with Crippen LogP contribution < -0.4 is 15.5 Å². The van der Waals surface area contributed by atoms with Gasteiger partial charge in [-0.15, -0.1) is 0 Å². The summed E-state index contributed by atoms with van der Waals surface area (Å²) in [7, 11) is 0. The third kappa shape index (κ3) is 4.62. The molecule has 34 heavy (non-hydrogen) atoms. The normalized spacial score (nSPS) is 19.8. The number of aromatic nitrogens is 2. The van der Waals surface area contributed by atoms with E-state index in [-0.39, 0.29) is 30.8 Å². The number of carbonyl (C=O) groups is 2. The number of rotatable bonds is 5. The number of carbonyl (C=O) groups excluding carboxylic acids is 2. The Bertz CT molecular complexity index is 1100. The Labute approximate surface area is 193 Å². The highest BCUT2D eigenvalue weighted by Crippen LogP contribution is 2.36. The van der Waals surface area contributed by atoms with Gasteiger partial charge in [0.1, 0.15) is 0 Å². The molecule has 0 aliphatic carbocycles. The first-order valence-corrected chi connectivity index (χ1v) is 10.9. The van der Waals surface area contributed by atoms with Crippen molar-refractivity contribution in [2.45, 2.75) is 44.9 Å². The summed E-state index contributed by atoms with van der Waals surface area (Å²) in [6.45, 7) is 4.21. The van der Waals surface area contributed by atoms with E-state index in [0.717, 1.165) is 16.7 Å². The molecule has 2 aliphatic heterocycles. The Balaban J connectivity index is 1.51. The van der Waals surface area contributed by atoms with Crippen molar-refractivity contribution in [3.8, 4) is 0 Å². The number of hydrogen-bond acceptors (Lipinski definition) is 6. The second-order valence-corrected chi connectivity index (χ2v) is 8.38. The first kappa shape index (κ1) is 23.7. The molecule has 1 aromatic heterocycles. The Morgan fingerprint density at radius 3 is 2.44 bits per heavy atom. The lowest BCUT2D eigenvalue weighted by Crippen LogP contribution is -2.59. The van der Waals surface area contributed by atoms with Crippen molar-refractivity contribution < 1.29 is 27.2 Å². The highest BCUT2D eigenvalue weighted by molar-refractivity contribution is 5.96. The quantitative estimate of drug-likeness (QED) is 0.639. The molecule has 2 aliphatic rings. The second kappa shape index (κ2) is 9.07. The lowest BCUT2D eigenvalue weighted by atomic mass is 10.1. The predicted molar refractivity (Wildman–Crippen MR) is 116 cm³/mol. The van der Waals surface area contributed by atoms with Crippen molar-refractivity contribution in [3.05, 3.63) is 41.3 Å². The fourth-order valence-corrected chi connectivity index (χ4v) is 4.58. The van der Waals surface area contributed by atoms with Gasteiger partial charge in [-0.2, -0.15) is 18.2 Å². The summed E-state index contributed by atoms with van der Waals surface area (Å²) in [6.07, 6.45) is -3.11. The minimum absolute atomic E-state index is 0.0378. The number of anilines is 3. The van der Waals surface area contributed by atoms with Gasteiger partial charge in [-0.1, -0.05) is 0 Å². The molecule has 2 amide bonds. The molecule has 12 heteroatoms. The molecule has 4 rings (SSSR count). The summed E-state index contributed by atoms with van der Waals surface area (Å²) >= 11 is 0. The molecule has 2 fully saturated rings. The van der Waals surface area contributed by atoms with Crippen molar-refractivity contribution in [1.82, 2.24) is 20.2 Å². The highest BCUT2D eigenvalue weighted by Gasteiger charge is 2.52. The van der Waals surface area contributed by atoms with E-state index in [2.05, 4.69) is 20.6 Å². The molecule has 0 saturated carbocycles. The van der Waals surface area contributed by atoms with Gasteiger partial charge >= 0.3 is 12.1 Å². The average Bonchev–Trinajstić information content (AvgIpc) is 3.02. The summed E-state index contributed by atoms with van der Waals surface area (Å²) in [5, 5.41) is 5.71. The molecule has 8 nitrogen and oxygen atoms in total. The number of nitrogens with zero attached hydrogens (tertiary/aromatic N) is 4. The van der Waals surface area contributed by atoms with E-state index >= 15 is 0 Å². The summed E-state index contributed by atoms with van der Waals surface area (Å²) in [6, 6.07) is 3.73. The predicted octanol–water partition coefficient (Wildman–Crippen LogP) is 3.16. The fraction of sp³-hybridized carbons (Fsp3) is 0.455. The van der Waals surface area contributed by atoms with E-state index < -0.39 is 30.0 Å². The van der Waals surface area contributed by atoms with Gasteiger partial charge in [0.2, 0.25) is 5.95 Å². The number of piperazine rings is 1. The summed E-state index contributed by atoms with van der Waals surface area (Å²) in [4.78, 5) is 34.6. The Morgan fingerprint density at radius 1 is 1.18 bits per heavy atom. The molecule has 1 aromatic carbocycles. The van der Waals surface area contributed by atoms with Crippen LogP contribution in [0.5, 0.6) is 0 Å². The van der Waals surface area contributed by atoms with Crippen LogP contribution in [0.4, 0.5) is 35.0 Å². The first-order chi connectivity index (χ1) is 16.1. The van der Waals surface area contributed by atoms with Crippen LogP contribution in [-0.2, 0) is 4.79 Å². The van der Waals surface area contributed by atoms with Crippen LogP contribution in [0.15, 0.2) is 24.4 Å². The van der Waals surface area contributed by atoms with Crippen LogP contribution >= 0.6 is 0 Å². The molecule has 0 spiro atoms. The number of halogens is 4. The molecule has 2 atom stereocenters. The molecule has 2 saturated heterocycles. The maximum absolute atomic E-state index is 14.6. The Morgan fingerprint density at radius 2 is 1.85 bits per heavy atom. The average molecular weight is 480 g/mol. The van der Waals surface area contributed by atoms with Crippen molar-refractivity contribution in [1.29, 1.82) is 0 Å². The van der Waals surface area contributed by atoms with E-state index in [1.807, 2.05) is 6.92 Å². The molecule has 0 radical (unpaired) electrons. The van der Waals surface area contributed by atoms with E-state index in [9.17, 15) is 27.2 Å². The zero-order valence-corrected chi connectivity index (χ0v) is 18.6. The van der Waals surface area contributed by atoms with Gasteiger partial charge in [0.15, 0.2) is 11.6 Å². The zero-order valence-electron chi connectivity index (χ0n) is 18.6. The minimum atomic E-state index is -4.94. The topological polar surface area (TPSA) is 90.5 Å². The SMILES string of the molecule is CCNC(=O)c1ccc(Nc2ncc(F)c(N3CC4CC[C@H](C3)N4C(=O)C(F)(F)F)n2)cc1C. The molecular weight excluding hydrogens is 456 g/mol. The van der Waals surface area contributed by atoms with Crippen LogP contribution in [-0.4, -0.2) is 64.6 Å². The molecule has 2 N–H and O–H groups in total. The standard InChI is InChI=1S/C22H24F4N6O2/c1-3-27-19(33)16-7-4-13(8-12(16)2)29-21-28-9-17(23)18(30-21)31-10-14-5-6-15(11-31)32(14)20(34)22(24,25)26/h4,7-9,14-15H,3,5-6,10-11H2,1-2H3,(H,27,33)(H,28,29,30)/t14-,15?/m1/s1. The van der Waals surface area contributed by atoms with Gasteiger partial charge < -0.3 is 20.4 Å². The molecule has 2 bridgehead atoms. The summed E-state index contributed by atoms with van der Waals surface area (Å²) < 4.78 is 53.5. The maximum atomic E-state index is 14.6. The van der Waals surface area contributed by atoms with E-state index in [0.29, 0.717) is 30.6 Å². The van der Waals surface area contributed by atoms with Crippen LogP contribution in [0.25, 0.3) is 0 Å². The fourth-order valence-electron chi connectivity index (χ4n) is 4.58. The molecule has 3 heterocycles. The second-order valence-electron chi connectivity index (χ2n) is 8.38. The van der Waals surface area contributed by atoms with Gasteiger partial charge in [0, 0.05) is 30.9 Å². The number of alkyl halides is 3. The summed E-state index contributed by atoms with van der Waals surface area (Å²) in [5.74, 6) is -2.68. The Kier molecular flexibility index (Phi) is 6.32. The van der Waals surface area contributed by atoms with E-state index in [1.54, 1.807) is 30.0 Å². The van der Waals surface area contributed by atoms with Gasteiger partial charge in [-0.25, -0.2) is 9.37 Å². The molecular formula is C22H24F4N6O2. The van der Waals surface area contributed by atoms with Crippen molar-refractivity contribution >= 4 is 29.3 Å². The van der Waals surface area contributed by atoms with E-state index in [4.69, 9.17) is 0 Å². The number of amides is 2. The lowest BCUT2D eigenvalue weighted by Gasteiger charge is -2.41.